The van der Waals surface area contributed by atoms with Crippen LogP contribution in [0.4, 0.5) is 11.9 Å². The molecule has 4 N–H and O–H groups in total. The van der Waals surface area contributed by atoms with Crippen molar-refractivity contribution in [2.24, 2.45) is 0 Å². The minimum absolute atomic E-state index is 0.575. The molecule has 2 aromatic heterocycles. The van der Waals surface area contributed by atoms with E-state index in [1.165, 1.54) is 0 Å². The van der Waals surface area contributed by atoms with E-state index in [0.29, 0.717) is 25.1 Å². The average molecular weight is 350 g/mol. The second-order valence-corrected chi connectivity index (χ2v) is 6.19. The number of nitrogens with zero attached hydrogens (tertiary/aromatic N) is 4. The maximum absolute atomic E-state index is 5.76. The number of para-hydroxylation sites is 2. The van der Waals surface area contributed by atoms with Gasteiger partial charge in [-0.05, 0) is 24.3 Å². The summed E-state index contributed by atoms with van der Waals surface area (Å²) in [6.07, 6.45) is 0. The van der Waals surface area contributed by atoms with Crippen LogP contribution in [0.2, 0.25) is 0 Å². The van der Waals surface area contributed by atoms with Gasteiger partial charge in [0.15, 0.2) is 0 Å². The van der Waals surface area contributed by atoms with Crippen LogP contribution in [0.5, 0.6) is 11.5 Å². The highest BCUT2D eigenvalue weighted by molar-refractivity contribution is 5.85. The van der Waals surface area contributed by atoms with Crippen LogP contribution < -0.4 is 20.9 Å². The van der Waals surface area contributed by atoms with Gasteiger partial charge in [0.1, 0.15) is 35.7 Å². The number of benzene rings is 2. The molecule has 4 heterocycles. The molecule has 0 fully saturated rings. The largest absolute Gasteiger partial charge is 0.489 e. The third kappa shape index (κ3) is 2.15. The molecule has 0 radical (unpaired) electrons. The van der Waals surface area contributed by atoms with Crippen molar-refractivity contribution in [1.82, 2.24) is 19.1 Å². The summed E-state index contributed by atoms with van der Waals surface area (Å²) in [5, 5.41) is 0. The Kier molecular flexibility index (Phi) is 3.18. The van der Waals surface area contributed by atoms with Crippen LogP contribution in [0, 0.1) is 0 Å². The van der Waals surface area contributed by atoms with Gasteiger partial charge in [-0.25, -0.2) is 9.97 Å². The number of hydrogen-bond donors (Lipinski definition) is 2. The van der Waals surface area contributed by atoms with Gasteiger partial charge in [-0.1, -0.05) is 12.1 Å². The van der Waals surface area contributed by atoms with Gasteiger partial charge < -0.3 is 30.1 Å². The van der Waals surface area contributed by atoms with E-state index in [-0.39, 0.29) is 0 Å². The molecule has 6 rings (SSSR count). The van der Waals surface area contributed by atoms with Crippen LogP contribution >= 0.6 is 0 Å². The molecule has 8 nitrogen and oxygen atoms in total. The number of aromatic nitrogens is 4. The monoisotopic (exact) mass is 350 g/mol. The standard InChI is InChI=1S/2C9H9N3O/c2*10-9-11-6-2-1-3-7-8(6)12(9)4-5-13-7/h2*1-3H,4-5H2,(H2,10,11). The summed E-state index contributed by atoms with van der Waals surface area (Å²) in [5.74, 6) is 2.91. The highest BCUT2D eigenvalue weighted by atomic mass is 16.5. The maximum atomic E-state index is 5.76. The first-order chi connectivity index (χ1) is 12.7. The zero-order valence-electron chi connectivity index (χ0n) is 14.1. The number of nitrogen functional groups attached to an aromatic ring is 2. The van der Waals surface area contributed by atoms with Crippen molar-refractivity contribution in [2.45, 2.75) is 13.1 Å². The van der Waals surface area contributed by atoms with Gasteiger partial charge in [-0.2, -0.15) is 0 Å². The van der Waals surface area contributed by atoms with E-state index in [1.54, 1.807) is 0 Å². The molecule has 0 unspecified atom stereocenters. The number of ether oxygens (including phenoxy) is 2. The molecule has 132 valence electrons. The molecule has 8 heteroatoms. The number of rotatable bonds is 0. The van der Waals surface area contributed by atoms with E-state index in [4.69, 9.17) is 20.9 Å². The lowest BCUT2D eigenvalue weighted by molar-refractivity contribution is 0.288. The summed E-state index contributed by atoms with van der Waals surface area (Å²) in [6.45, 7) is 2.93. The predicted octanol–water partition coefficient (Wildman–Crippen LogP) is 2.02. The molecule has 2 aliphatic rings. The average Bonchev–Trinajstić information content (AvgIpc) is 3.17. The van der Waals surface area contributed by atoms with Gasteiger partial charge >= 0.3 is 0 Å². The Hall–Kier alpha value is -3.42. The summed E-state index contributed by atoms with van der Waals surface area (Å²) in [7, 11) is 0. The van der Waals surface area contributed by atoms with Crippen molar-refractivity contribution in [3.8, 4) is 11.5 Å². The highest BCUT2D eigenvalue weighted by Gasteiger charge is 2.17. The lowest BCUT2D eigenvalue weighted by Gasteiger charge is -2.16. The van der Waals surface area contributed by atoms with Crippen LogP contribution in [0.15, 0.2) is 36.4 Å². The minimum Gasteiger partial charge on any atom is -0.489 e. The third-order valence-electron chi connectivity index (χ3n) is 4.66. The molecule has 0 aliphatic carbocycles. The second-order valence-electron chi connectivity index (χ2n) is 6.19. The Balaban J connectivity index is 0.000000115. The number of anilines is 2. The van der Waals surface area contributed by atoms with E-state index in [9.17, 15) is 0 Å². The fourth-order valence-electron chi connectivity index (χ4n) is 3.52. The van der Waals surface area contributed by atoms with Gasteiger partial charge in [0.25, 0.3) is 0 Å². The first-order valence-electron chi connectivity index (χ1n) is 8.47. The third-order valence-corrected chi connectivity index (χ3v) is 4.66. The van der Waals surface area contributed by atoms with Crippen molar-refractivity contribution in [3.63, 3.8) is 0 Å². The van der Waals surface area contributed by atoms with Crippen LogP contribution in [-0.4, -0.2) is 32.3 Å². The van der Waals surface area contributed by atoms with Crippen LogP contribution in [0.3, 0.4) is 0 Å². The van der Waals surface area contributed by atoms with E-state index < -0.39 is 0 Å². The zero-order chi connectivity index (χ0) is 17.7. The van der Waals surface area contributed by atoms with Crippen molar-refractivity contribution in [1.29, 1.82) is 0 Å². The smallest absolute Gasteiger partial charge is 0.201 e. The highest BCUT2D eigenvalue weighted by Crippen LogP contribution is 2.31. The molecule has 0 saturated carbocycles. The molecule has 2 aromatic carbocycles. The zero-order valence-corrected chi connectivity index (χ0v) is 14.1. The van der Waals surface area contributed by atoms with E-state index in [2.05, 4.69) is 9.97 Å². The number of imidazole rings is 2. The molecule has 26 heavy (non-hydrogen) atoms. The molecule has 0 atom stereocenters. The summed E-state index contributed by atoms with van der Waals surface area (Å²) in [6, 6.07) is 11.6. The first kappa shape index (κ1) is 14.9. The molecule has 2 aliphatic heterocycles. The summed E-state index contributed by atoms with van der Waals surface area (Å²) in [4.78, 5) is 8.49. The molecular formula is C18H18N6O2. The lowest BCUT2D eigenvalue weighted by Crippen LogP contribution is -2.15. The Morgan fingerprint density at radius 2 is 1.19 bits per heavy atom. The molecule has 0 spiro atoms. The van der Waals surface area contributed by atoms with E-state index in [1.807, 2.05) is 45.5 Å². The Morgan fingerprint density at radius 1 is 0.731 bits per heavy atom. The van der Waals surface area contributed by atoms with Crippen molar-refractivity contribution in [3.05, 3.63) is 36.4 Å². The summed E-state index contributed by atoms with van der Waals surface area (Å²) in [5.41, 5.74) is 15.4. The SMILES string of the molecule is Nc1nc2cccc3c2n1CCO3.Nc1nc2cccc3c2n1CCO3. The van der Waals surface area contributed by atoms with Gasteiger partial charge in [-0.15, -0.1) is 0 Å². The number of hydrogen-bond acceptors (Lipinski definition) is 6. The molecule has 0 amide bonds. The topological polar surface area (TPSA) is 106 Å². The van der Waals surface area contributed by atoms with Crippen LogP contribution in [-0.2, 0) is 13.1 Å². The fraction of sp³-hybridized carbons (Fsp3) is 0.222. The van der Waals surface area contributed by atoms with Gasteiger partial charge in [-0.3, -0.25) is 0 Å². The Labute approximate surface area is 148 Å². The normalized spacial score (nSPS) is 14.5. The minimum atomic E-state index is 0.575. The van der Waals surface area contributed by atoms with Crippen molar-refractivity contribution in [2.75, 3.05) is 24.7 Å². The molecule has 4 aromatic rings. The Morgan fingerprint density at radius 3 is 1.65 bits per heavy atom. The second kappa shape index (κ2) is 5.55. The van der Waals surface area contributed by atoms with Crippen LogP contribution in [0.1, 0.15) is 0 Å². The van der Waals surface area contributed by atoms with Crippen molar-refractivity contribution < 1.29 is 9.47 Å². The Bertz CT molecular complexity index is 1040. The van der Waals surface area contributed by atoms with Gasteiger partial charge in [0.05, 0.1) is 24.1 Å². The summed E-state index contributed by atoms with van der Waals surface area (Å²) >= 11 is 0. The molecular weight excluding hydrogens is 332 g/mol. The number of nitrogens with two attached hydrogens (primary N) is 2. The van der Waals surface area contributed by atoms with Gasteiger partial charge in [0, 0.05) is 0 Å². The molecule has 0 saturated heterocycles. The fourth-order valence-corrected chi connectivity index (χ4v) is 3.52. The van der Waals surface area contributed by atoms with Crippen LogP contribution in [0.25, 0.3) is 22.1 Å². The lowest BCUT2D eigenvalue weighted by atomic mass is 10.3. The van der Waals surface area contributed by atoms with E-state index in [0.717, 1.165) is 46.7 Å². The quantitative estimate of drug-likeness (QED) is 0.502. The molecule has 0 bridgehead atoms. The first-order valence-corrected chi connectivity index (χ1v) is 8.47. The summed E-state index contributed by atoms with van der Waals surface area (Å²) < 4.78 is 15.0. The van der Waals surface area contributed by atoms with E-state index >= 15 is 0 Å². The predicted molar refractivity (Wildman–Crippen MR) is 99.3 cm³/mol. The maximum Gasteiger partial charge on any atom is 0.201 e. The van der Waals surface area contributed by atoms with Gasteiger partial charge in [0.2, 0.25) is 11.9 Å². The van der Waals surface area contributed by atoms with Crippen molar-refractivity contribution >= 4 is 34.0 Å².